The van der Waals surface area contributed by atoms with Crippen LogP contribution < -0.4 is 11.1 Å². The minimum absolute atomic E-state index is 0.00920. The molecule has 5 heteroatoms. The highest BCUT2D eigenvalue weighted by Crippen LogP contribution is 2.40. The second-order valence-electron chi connectivity index (χ2n) is 8.63. The van der Waals surface area contributed by atoms with Crippen LogP contribution in [0.2, 0.25) is 0 Å². The van der Waals surface area contributed by atoms with Gasteiger partial charge in [-0.15, -0.1) is 0 Å². The average molecular weight is 405 g/mol. The Hall–Kier alpha value is -2.82. The zero-order chi connectivity index (χ0) is 21.0. The van der Waals surface area contributed by atoms with Crippen molar-refractivity contribution in [3.63, 3.8) is 0 Å². The molecule has 1 saturated carbocycles. The lowest BCUT2D eigenvalue weighted by Crippen LogP contribution is -2.56. The lowest BCUT2D eigenvalue weighted by molar-refractivity contribution is -0.131. The number of anilines is 1. The molecule has 1 unspecified atom stereocenters. The Morgan fingerprint density at radius 3 is 2.30 bits per heavy atom. The third kappa shape index (κ3) is 4.07. The number of carbonyl (C=O) groups excluding carboxylic acids is 1. The maximum atomic E-state index is 13.6. The van der Waals surface area contributed by atoms with E-state index in [4.69, 9.17) is 10.7 Å². The predicted molar refractivity (Wildman–Crippen MR) is 122 cm³/mol. The van der Waals surface area contributed by atoms with E-state index in [1.807, 2.05) is 36.4 Å². The van der Waals surface area contributed by atoms with E-state index in [2.05, 4.69) is 29.6 Å². The molecule has 1 aliphatic heterocycles. The zero-order valence-corrected chi connectivity index (χ0v) is 17.8. The normalized spacial score (nSPS) is 23.3. The van der Waals surface area contributed by atoms with Gasteiger partial charge in [-0.1, -0.05) is 67.8 Å². The van der Waals surface area contributed by atoms with Crippen LogP contribution in [0.3, 0.4) is 0 Å². The van der Waals surface area contributed by atoms with Crippen molar-refractivity contribution in [2.45, 2.75) is 56.5 Å². The van der Waals surface area contributed by atoms with Gasteiger partial charge in [0.05, 0.1) is 6.04 Å². The van der Waals surface area contributed by atoms with Gasteiger partial charge in [0.15, 0.2) is 11.5 Å². The van der Waals surface area contributed by atoms with Gasteiger partial charge in [0.1, 0.15) is 0 Å². The van der Waals surface area contributed by atoms with Gasteiger partial charge in [0.2, 0.25) is 0 Å². The van der Waals surface area contributed by atoms with E-state index in [0.717, 1.165) is 24.9 Å². The van der Waals surface area contributed by atoms with E-state index in [-0.39, 0.29) is 11.9 Å². The topological polar surface area (TPSA) is 70.7 Å². The van der Waals surface area contributed by atoms with Crippen LogP contribution in [0.5, 0.6) is 0 Å². The van der Waals surface area contributed by atoms with Crippen molar-refractivity contribution in [1.82, 2.24) is 4.90 Å². The first-order valence-corrected chi connectivity index (χ1v) is 11.1. The van der Waals surface area contributed by atoms with Crippen molar-refractivity contribution in [2.75, 3.05) is 12.4 Å². The van der Waals surface area contributed by atoms with Crippen LogP contribution in [0.1, 0.15) is 44.1 Å². The Bertz CT molecular complexity index is 877. The molecule has 1 heterocycles. The number of aliphatic imine (C=N–C) groups is 1. The molecule has 0 aromatic heterocycles. The first kappa shape index (κ1) is 20.5. The number of hydrogen-bond donors (Lipinski definition) is 2. The quantitative estimate of drug-likeness (QED) is 0.726. The lowest BCUT2D eigenvalue weighted by atomic mass is 9.72. The molecule has 3 N–H and O–H groups in total. The van der Waals surface area contributed by atoms with Gasteiger partial charge >= 0.3 is 0 Å². The summed E-state index contributed by atoms with van der Waals surface area (Å²) in [6, 6.07) is 20.4. The number of rotatable bonds is 7. The van der Waals surface area contributed by atoms with Gasteiger partial charge in [0.25, 0.3) is 5.91 Å². The standard InChI is InChI=1S/C25H32N4O/c1-29-23(30)25(28-24(29)26,18-17-19-11-5-2-6-12-19)22(20-13-7-3-8-14-20)27-21-15-9-4-10-16-21/h2,4-6,9-12,15-16,20,22,27H,3,7-8,13-14,17-18H2,1H3,(H2,26,28)/t22?,25-/m1/s1. The molecule has 0 bridgehead atoms. The molecular formula is C25H32N4O. The van der Waals surface area contributed by atoms with E-state index in [9.17, 15) is 4.79 Å². The molecule has 5 nitrogen and oxygen atoms in total. The summed E-state index contributed by atoms with van der Waals surface area (Å²) in [6.45, 7) is 0. The van der Waals surface area contributed by atoms with Crippen molar-refractivity contribution >= 4 is 17.6 Å². The van der Waals surface area contributed by atoms with Crippen LogP contribution in [0.25, 0.3) is 0 Å². The smallest absolute Gasteiger partial charge is 0.259 e. The molecule has 1 aliphatic carbocycles. The van der Waals surface area contributed by atoms with E-state index >= 15 is 0 Å². The van der Waals surface area contributed by atoms with Crippen molar-refractivity contribution < 1.29 is 4.79 Å². The number of nitrogens with one attached hydrogen (secondary N) is 1. The van der Waals surface area contributed by atoms with Gasteiger partial charge in [0, 0.05) is 12.7 Å². The molecule has 0 radical (unpaired) electrons. The summed E-state index contributed by atoms with van der Waals surface area (Å²) in [6.07, 6.45) is 7.34. The number of carbonyl (C=O) groups is 1. The number of nitrogens with zero attached hydrogens (tertiary/aromatic N) is 2. The van der Waals surface area contributed by atoms with Crippen LogP contribution in [0.15, 0.2) is 65.7 Å². The number of aryl methyl sites for hydroxylation is 1. The zero-order valence-electron chi connectivity index (χ0n) is 17.8. The molecule has 2 aromatic rings. The number of benzene rings is 2. The Labute approximate surface area is 179 Å². The lowest BCUT2D eigenvalue weighted by Gasteiger charge is -2.41. The monoisotopic (exact) mass is 404 g/mol. The third-order valence-corrected chi connectivity index (χ3v) is 6.70. The van der Waals surface area contributed by atoms with E-state index in [1.54, 1.807) is 7.05 Å². The summed E-state index contributed by atoms with van der Waals surface area (Å²) < 4.78 is 0. The van der Waals surface area contributed by atoms with Crippen LogP contribution in [-0.4, -0.2) is 35.4 Å². The molecular weight excluding hydrogens is 372 g/mol. The Morgan fingerprint density at radius 1 is 1.07 bits per heavy atom. The SMILES string of the molecule is CN1C(=O)[C@@](CCc2ccccc2)(C(Nc2ccccc2)C2CCCCC2)N=C1N. The largest absolute Gasteiger partial charge is 0.379 e. The van der Waals surface area contributed by atoms with Crippen molar-refractivity contribution in [3.8, 4) is 0 Å². The summed E-state index contributed by atoms with van der Waals surface area (Å²) in [4.78, 5) is 20.0. The molecule has 0 saturated heterocycles. The number of likely N-dealkylation sites (N-methyl/N-ethyl adjacent to an activating group) is 1. The second kappa shape index (κ2) is 8.90. The summed E-state index contributed by atoms with van der Waals surface area (Å²) in [7, 11) is 1.74. The van der Waals surface area contributed by atoms with Gasteiger partial charge in [-0.3, -0.25) is 9.69 Å². The maximum Gasteiger partial charge on any atom is 0.259 e. The van der Waals surface area contributed by atoms with Crippen LogP contribution in [-0.2, 0) is 11.2 Å². The maximum absolute atomic E-state index is 13.6. The summed E-state index contributed by atoms with van der Waals surface area (Å²) in [5.41, 5.74) is 7.57. The van der Waals surface area contributed by atoms with Crippen LogP contribution >= 0.6 is 0 Å². The highest BCUT2D eigenvalue weighted by Gasteiger charge is 2.54. The van der Waals surface area contributed by atoms with Gasteiger partial charge < -0.3 is 11.1 Å². The highest BCUT2D eigenvalue weighted by atomic mass is 16.2. The average Bonchev–Trinajstić information content (AvgIpc) is 3.02. The Kier molecular flexibility index (Phi) is 6.07. The number of hydrogen-bond acceptors (Lipinski definition) is 4. The molecule has 2 aliphatic rings. The number of para-hydroxylation sites is 1. The van der Waals surface area contributed by atoms with Gasteiger partial charge in [-0.25, -0.2) is 4.99 Å². The van der Waals surface area contributed by atoms with Crippen molar-refractivity contribution in [2.24, 2.45) is 16.6 Å². The summed E-state index contributed by atoms with van der Waals surface area (Å²) in [5.74, 6) is 0.723. The molecule has 1 amide bonds. The summed E-state index contributed by atoms with van der Waals surface area (Å²) >= 11 is 0. The molecule has 158 valence electrons. The van der Waals surface area contributed by atoms with E-state index in [0.29, 0.717) is 18.3 Å². The van der Waals surface area contributed by atoms with E-state index in [1.165, 1.54) is 29.7 Å². The minimum atomic E-state index is -0.882. The first-order chi connectivity index (χ1) is 14.6. The first-order valence-electron chi connectivity index (χ1n) is 11.1. The molecule has 1 fully saturated rings. The minimum Gasteiger partial charge on any atom is -0.379 e. The Balaban J connectivity index is 1.71. The molecule has 30 heavy (non-hydrogen) atoms. The number of guanidine groups is 1. The molecule has 0 spiro atoms. The Morgan fingerprint density at radius 2 is 1.70 bits per heavy atom. The van der Waals surface area contributed by atoms with Crippen molar-refractivity contribution in [3.05, 3.63) is 66.2 Å². The van der Waals surface area contributed by atoms with Crippen molar-refractivity contribution in [1.29, 1.82) is 0 Å². The summed E-state index contributed by atoms with van der Waals surface area (Å²) in [5, 5.41) is 3.73. The predicted octanol–water partition coefficient (Wildman–Crippen LogP) is 4.21. The molecule has 4 rings (SSSR count). The van der Waals surface area contributed by atoms with Gasteiger partial charge in [-0.2, -0.15) is 0 Å². The van der Waals surface area contributed by atoms with Gasteiger partial charge in [-0.05, 0) is 49.3 Å². The number of amides is 1. The number of nitrogens with two attached hydrogens (primary N) is 1. The fraction of sp³-hybridized carbons (Fsp3) is 0.440. The highest BCUT2D eigenvalue weighted by molar-refractivity contribution is 6.07. The second-order valence-corrected chi connectivity index (χ2v) is 8.63. The fourth-order valence-electron chi connectivity index (χ4n) is 5.03. The third-order valence-electron chi connectivity index (χ3n) is 6.70. The van der Waals surface area contributed by atoms with E-state index < -0.39 is 5.54 Å². The van der Waals surface area contributed by atoms with Crippen LogP contribution in [0, 0.1) is 5.92 Å². The fourth-order valence-corrected chi connectivity index (χ4v) is 5.03. The van der Waals surface area contributed by atoms with Crippen LogP contribution in [0.4, 0.5) is 5.69 Å². The molecule has 2 atom stereocenters. The molecule has 2 aromatic carbocycles.